The van der Waals surface area contributed by atoms with Gasteiger partial charge in [0.25, 0.3) is 0 Å². The van der Waals surface area contributed by atoms with Gasteiger partial charge in [-0.1, -0.05) is 0 Å². The maximum Gasteiger partial charge on any atom is 0.412 e. The zero-order chi connectivity index (χ0) is 24.7. The maximum absolute atomic E-state index is 12.3. The van der Waals surface area contributed by atoms with E-state index in [0.29, 0.717) is 0 Å². The molecule has 2 aromatic heterocycles. The Kier molecular flexibility index (Phi) is 8.99. The minimum atomic E-state index is -4.94. The van der Waals surface area contributed by atoms with E-state index < -0.39 is 45.6 Å². The molecule has 1 amide bonds. The fourth-order valence-electron chi connectivity index (χ4n) is 2.19. The first-order valence-corrected chi connectivity index (χ1v) is 10.7. The number of nitrogens with zero attached hydrogens (tertiary/aromatic N) is 4. The average molecular weight is 509 g/mol. The maximum atomic E-state index is 12.3. The molecule has 0 aliphatic heterocycles. The molecule has 33 heavy (non-hydrogen) atoms. The summed E-state index contributed by atoms with van der Waals surface area (Å²) in [6, 6.07) is 0. The van der Waals surface area contributed by atoms with Gasteiger partial charge in [0, 0.05) is 6.54 Å². The van der Waals surface area contributed by atoms with Crippen LogP contribution in [-0.4, -0.2) is 70.7 Å². The van der Waals surface area contributed by atoms with Crippen LogP contribution in [0.5, 0.6) is 0 Å². The molecule has 0 unspecified atom stereocenters. The van der Waals surface area contributed by atoms with Crippen molar-refractivity contribution in [2.24, 2.45) is 0 Å². The molecule has 0 atom stereocenters. The number of hydrogen-bond donors (Lipinski definition) is 1. The SMILES string of the molecule is CCOC(=O)Nc1ncnc2c1ncn2CCOCP(=O)(OCC(F)(F)F)OCC(F)(F)F. The van der Waals surface area contributed by atoms with Gasteiger partial charge in [0.2, 0.25) is 0 Å². The Balaban J connectivity index is 1.99. The summed E-state index contributed by atoms with van der Waals surface area (Å²) in [6.07, 6.45) is -9.42. The predicted molar refractivity (Wildman–Crippen MR) is 98.4 cm³/mol. The Morgan fingerprint density at radius 3 is 2.30 bits per heavy atom. The van der Waals surface area contributed by atoms with E-state index in [-0.39, 0.29) is 36.7 Å². The number of imidazole rings is 1. The van der Waals surface area contributed by atoms with E-state index in [1.807, 2.05) is 0 Å². The van der Waals surface area contributed by atoms with Crippen LogP contribution in [-0.2, 0) is 29.6 Å². The number of carbonyl (C=O) groups is 1. The highest BCUT2D eigenvalue weighted by molar-refractivity contribution is 7.53. The van der Waals surface area contributed by atoms with Crippen LogP contribution in [0.1, 0.15) is 6.92 Å². The fourth-order valence-corrected chi connectivity index (χ4v) is 3.46. The number of amides is 1. The van der Waals surface area contributed by atoms with Crippen LogP contribution in [0.25, 0.3) is 11.2 Å². The smallest absolute Gasteiger partial charge is 0.412 e. The normalized spacial score (nSPS) is 12.8. The van der Waals surface area contributed by atoms with Crippen molar-refractivity contribution in [3.8, 4) is 0 Å². The summed E-state index contributed by atoms with van der Waals surface area (Å²) < 4.78 is 105. The number of fused-ring (bicyclic) bond motifs is 1. The molecule has 0 bridgehead atoms. The first-order valence-electron chi connectivity index (χ1n) is 9.01. The topological polar surface area (TPSA) is 127 Å². The Labute approximate surface area is 181 Å². The van der Waals surface area contributed by atoms with Crippen molar-refractivity contribution in [2.75, 3.05) is 38.1 Å². The molecule has 0 radical (unpaired) electrons. The van der Waals surface area contributed by atoms with E-state index in [0.717, 1.165) is 6.33 Å². The van der Waals surface area contributed by atoms with Crippen molar-refractivity contribution in [2.45, 2.75) is 25.8 Å². The van der Waals surface area contributed by atoms with Crippen molar-refractivity contribution in [1.82, 2.24) is 19.5 Å². The van der Waals surface area contributed by atoms with Gasteiger partial charge in [-0.15, -0.1) is 0 Å². The second kappa shape index (κ2) is 11.1. The molecule has 18 heteroatoms. The van der Waals surface area contributed by atoms with Crippen LogP contribution in [0.15, 0.2) is 12.7 Å². The highest BCUT2D eigenvalue weighted by atomic mass is 31.2. The van der Waals surface area contributed by atoms with E-state index in [4.69, 9.17) is 9.47 Å². The van der Waals surface area contributed by atoms with Crippen molar-refractivity contribution in [1.29, 1.82) is 0 Å². The zero-order valence-corrected chi connectivity index (χ0v) is 17.7. The molecule has 0 aliphatic rings. The van der Waals surface area contributed by atoms with Crippen LogP contribution in [0.4, 0.5) is 37.0 Å². The van der Waals surface area contributed by atoms with Crippen LogP contribution in [0, 0.1) is 0 Å². The summed E-state index contributed by atoms with van der Waals surface area (Å²) in [5.74, 6) is 0.0451. The summed E-state index contributed by atoms with van der Waals surface area (Å²) >= 11 is 0. The lowest BCUT2D eigenvalue weighted by molar-refractivity contribution is -0.166. The number of halogens is 6. The molecule has 0 spiro atoms. The second-order valence-electron chi connectivity index (χ2n) is 6.10. The number of hydrogen-bond acceptors (Lipinski definition) is 9. The largest absolute Gasteiger partial charge is 0.450 e. The van der Waals surface area contributed by atoms with Gasteiger partial charge >= 0.3 is 26.0 Å². The third kappa shape index (κ3) is 9.11. The van der Waals surface area contributed by atoms with E-state index in [2.05, 4.69) is 29.3 Å². The van der Waals surface area contributed by atoms with Crippen molar-refractivity contribution >= 4 is 30.7 Å². The number of ether oxygens (including phenoxy) is 2. The van der Waals surface area contributed by atoms with E-state index in [1.165, 1.54) is 10.9 Å². The lowest BCUT2D eigenvalue weighted by Crippen LogP contribution is -2.21. The monoisotopic (exact) mass is 509 g/mol. The third-order valence-corrected chi connectivity index (χ3v) is 5.02. The fraction of sp³-hybridized carbons (Fsp3) is 0.600. The molecule has 11 nitrogen and oxygen atoms in total. The minimum Gasteiger partial charge on any atom is -0.450 e. The Morgan fingerprint density at radius 1 is 1.09 bits per heavy atom. The van der Waals surface area contributed by atoms with Crippen LogP contribution >= 0.6 is 7.60 Å². The first-order chi connectivity index (χ1) is 15.3. The minimum absolute atomic E-state index is 0.0451. The Morgan fingerprint density at radius 2 is 1.73 bits per heavy atom. The number of aromatic nitrogens is 4. The molecular formula is C15H18F6N5O6P. The van der Waals surface area contributed by atoms with Gasteiger partial charge in [0.1, 0.15) is 12.7 Å². The van der Waals surface area contributed by atoms with Crippen LogP contribution in [0.2, 0.25) is 0 Å². The van der Waals surface area contributed by atoms with Gasteiger partial charge in [-0.3, -0.25) is 18.9 Å². The second-order valence-corrected chi connectivity index (χ2v) is 8.10. The predicted octanol–water partition coefficient (Wildman–Crippen LogP) is 3.72. The molecular weight excluding hydrogens is 491 g/mol. The first kappa shape index (κ1) is 26.8. The van der Waals surface area contributed by atoms with Crippen molar-refractivity contribution in [3.63, 3.8) is 0 Å². The number of rotatable bonds is 11. The van der Waals surface area contributed by atoms with Gasteiger partial charge in [0.05, 0.1) is 19.5 Å². The number of anilines is 1. The lowest BCUT2D eigenvalue weighted by Gasteiger charge is -2.20. The molecule has 0 aromatic carbocycles. The van der Waals surface area contributed by atoms with Crippen molar-refractivity contribution in [3.05, 3.63) is 12.7 Å². The molecule has 0 fully saturated rings. The molecule has 2 heterocycles. The summed E-state index contributed by atoms with van der Waals surface area (Å²) in [7, 11) is -4.87. The Bertz CT molecular complexity index is 962. The van der Waals surface area contributed by atoms with E-state index >= 15 is 0 Å². The molecule has 1 N–H and O–H groups in total. The van der Waals surface area contributed by atoms with Gasteiger partial charge in [0.15, 0.2) is 30.2 Å². The number of alkyl halides is 6. The summed E-state index contributed by atoms with van der Waals surface area (Å²) in [5, 5.41) is 2.37. The highest BCUT2D eigenvalue weighted by Gasteiger charge is 2.38. The van der Waals surface area contributed by atoms with Gasteiger partial charge in [-0.2, -0.15) is 26.3 Å². The summed E-state index contributed by atoms with van der Waals surface area (Å²) in [5.41, 5.74) is 0.406. The summed E-state index contributed by atoms with van der Waals surface area (Å²) in [4.78, 5) is 23.4. The van der Waals surface area contributed by atoms with E-state index in [1.54, 1.807) is 6.92 Å². The Hall–Kier alpha value is -2.49. The number of nitrogens with one attached hydrogen (secondary N) is 1. The summed E-state index contributed by atoms with van der Waals surface area (Å²) in [6.45, 7) is -2.81. The van der Waals surface area contributed by atoms with Gasteiger partial charge in [-0.25, -0.2) is 19.7 Å². The molecule has 0 saturated carbocycles. The quantitative estimate of drug-likeness (QED) is 0.274. The van der Waals surface area contributed by atoms with Crippen LogP contribution in [0.3, 0.4) is 0 Å². The van der Waals surface area contributed by atoms with Gasteiger partial charge in [-0.05, 0) is 6.92 Å². The third-order valence-electron chi connectivity index (χ3n) is 3.47. The molecule has 186 valence electrons. The highest BCUT2D eigenvalue weighted by Crippen LogP contribution is 2.50. The number of carbonyl (C=O) groups excluding carboxylic acids is 1. The van der Waals surface area contributed by atoms with E-state index in [9.17, 15) is 35.7 Å². The molecule has 2 aromatic rings. The van der Waals surface area contributed by atoms with Gasteiger partial charge < -0.3 is 14.0 Å². The average Bonchev–Trinajstić information content (AvgIpc) is 3.12. The van der Waals surface area contributed by atoms with Crippen LogP contribution < -0.4 is 5.32 Å². The lowest BCUT2D eigenvalue weighted by atomic mass is 10.5. The molecule has 0 saturated heterocycles. The molecule has 0 aliphatic carbocycles. The molecule has 2 rings (SSSR count). The van der Waals surface area contributed by atoms with Crippen molar-refractivity contribution < 1.29 is 54.2 Å². The standard InChI is InChI=1S/C15H18F6N5O6P/c1-2-30-13(27)25-11-10-12(23-7-22-11)26(8-24-10)3-4-29-9-33(28,31-5-14(16,17)18)32-6-15(19,20)21/h7-8H,2-6,9H2,1H3,(H,22,23,25,27). The zero-order valence-electron chi connectivity index (χ0n) is 16.9.